The molecule has 2 rings (SSSR count). The Morgan fingerprint density at radius 3 is 2.17 bits per heavy atom. The SMILES string of the molecule is C[C@H](CC(=O)Nc1ccccc1NS(C)(=O)=O)c1ccccc1. The van der Waals surface area contributed by atoms with Crippen LogP contribution in [0.15, 0.2) is 54.6 Å². The van der Waals surface area contributed by atoms with Gasteiger partial charge in [0.05, 0.1) is 17.6 Å². The fourth-order valence-corrected chi connectivity index (χ4v) is 2.84. The van der Waals surface area contributed by atoms with E-state index in [4.69, 9.17) is 0 Å². The van der Waals surface area contributed by atoms with Gasteiger partial charge in [0, 0.05) is 6.42 Å². The van der Waals surface area contributed by atoms with Gasteiger partial charge < -0.3 is 5.32 Å². The maximum Gasteiger partial charge on any atom is 0.229 e. The van der Waals surface area contributed by atoms with E-state index in [1.54, 1.807) is 24.3 Å². The van der Waals surface area contributed by atoms with Crippen LogP contribution in [0.25, 0.3) is 0 Å². The van der Waals surface area contributed by atoms with Gasteiger partial charge in [-0.25, -0.2) is 8.42 Å². The molecular weight excluding hydrogens is 312 g/mol. The summed E-state index contributed by atoms with van der Waals surface area (Å²) in [4.78, 5) is 12.2. The lowest BCUT2D eigenvalue weighted by atomic mass is 9.97. The van der Waals surface area contributed by atoms with Crippen molar-refractivity contribution in [3.8, 4) is 0 Å². The number of carbonyl (C=O) groups excluding carboxylic acids is 1. The van der Waals surface area contributed by atoms with Crippen LogP contribution in [0.4, 0.5) is 11.4 Å². The van der Waals surface area contributed by atoms with E-state index < -0.39 is 10.0 Å². The highest BCUT2D eigenvalue weighted by Gasteiger charge is 2.13. The minimum atomic E-state index is -3.40. The summed E-state index contributed by atoms with van der Waals surface area (Å²) in [5.74, 6) is -0.0877. The summed E-state index contributed by atoms with van der Waals surface area (Å²) in [7, 11) is -3.40. The number of sulfonamides is 1. The van der Waals surface area contributed by atoms with Crippen molar-refractivity contribution in [2.45, 2.75) is 19.3 Å². The van der Waals surface area contributed by atoms with Crippen LogP contribution in [0.3, 0.4) is 0 Å². The third-order valence-electron chi connectivity index (χ3n) is 3.36. The number of nitrogens with one attached hydrogen (secondary N) is 2. The van der Waals surface area contributed by atoms with Crippen LogP contribution in [0.2, 0.25) is 0 Å². The van der Waals surface area contributed by atoms with E-state index in [0.717, 1.165) is 11.8 Å². The van der Waals surface area contributed by atoms with Crippen molar-refractivity contribution in [1.82, 2.24) is 0 Å². The molecule has 0 aliphatic rings. The van der Waals surface area contributed by atoms with E-state index in [1.807, 2.05) is 37.3 Å². The van der Waals surface area contributed by atoms with E-state index >= 15 is 0 Å². The molecule has 0 aliphatic heterocycles. The predicted molar refractivity (Wildman–Crippen MR) is 93.0 cm³/mol. The molecule has 6 heteroatoms. The maximum atomic E-state index is 12.2. The molecule has 0 radical (unpaired) electrons. The second-order valence-electron chi connectivity index (χ2n) is 5.48. The number of hydrogen-bond donors (Lipinski definition) is 2. The van der Waals surface area contributed by atoms with Gasteiger partial charge in [0.2, 0.25) is 15.9 Å². The van der Waals surface area contributed by atoms with Gasteiger partial charge in [-0.1, -0.05) is 49.4 Å². The predicted octanol–water partition coefficient (Wildman–Crippen LogP) is 3.19. The van der Waals surface area contributed by atoms with Crippen LogP contribution in [-0.4, -0.2) is 20.6 Å². The molecule has 2 N–H and O–H groups in total. The Labute approximate surface area is 136 Å². The molecule has 122 valence electrons. The largest absolute Gasteiger partial charge is 0.324 e. The van der Waals surface area contributed by atoms with Crippen molar-refractivity contribution in [3.05, 3.63) is 60.2 Å². The van der Waals surface area contributed by atoms with Gasteiger partial charge in [-0.15, -0.1) is 0 Å². The lowest BCUT2D eigenvalue weighted by molar-refractivity contribution is -0.116. The van der Waals surface area contributed by atoms with E-state index in [1.165, 1.54) is 0 Å². The van der Waals surface area contributed by atoms with Gasteiger partial charge in [0.25, 0.3) is 0 Å². The molecule has 23 heavy (non-hydrogen) atoms. The Balaban J connectivity index is 2.06. The van der Waals surface area contributed by atoms with Crippen molar-refractivity contribution in [1.29, 1.82) is 0 Å². The number of benzene rings is 2. The van der Waals surface area contributed by atoms with Crippen molar-refractivity contribution in [2.24, 2.45) is 0 Å². The zero-order valence-corrected chi connectivity index (χ0v) is 13.9. The Morgan fingerprint density at radius 2 is 1.57 bits per heavy atom. The lowest BCUT2D eigenvalue weighted by Gasteiger charge is -2.14. The Hall–Kier alpha value is -2.34. The summed E-state index contributed by atoms with van der Waals surface area (Å²) in [5.41, 5.74) is 1.89. The third-order valence-corrected chi connectivity index (χ3v) is 3.95. The quantitative estimate of drug-likeness (QED) is 0.853. The second kappa shape index (κ2) is 7.28. The molecule has 5 nitrogen and oxygen atoms in total. The van der Waals surface area contributed by atoms with Gasteiger partial charge in [-0.2, -0.15) is 0 Å². The smallest absolute Gasteiger partial charge is 0.229 e. The molecule has 2 aromatic rings. The molecule has 0 spiro atoms. The van der Waals surface area contributed by atoms with Crippen LogP contribution in [0.5, 0.6) is 0 Å². The van der Waals surface area contributed by atoms with Crippen molar-refractivity contribution < 1.29 is 13.2 Å². The highest BCUT2D eigenvalue weighted by Crippen LogP contribution is 2.24. The number of amides is 1. The Bertz CT molecular complexity index is 773. The molecule has 0 bridgehead atoms. The first-order valence-corrected chi connectivity index (χ1v) is 9.16. The molecule has 0 fully saturated rings. The van der Waals surface area contributed by atoms with Gasteiger partial charge in [0.1, 0.15) is 0 Å². The van der Waals surface area contributed by atoms with Crippen LogP contribution >= 0.6 is 0 Å². The van der Waals surface area contributed by atoms with Crippen LogP contribution in [0, 0.1) is 0 Å². The van der Waals surface area contributed by atoms with Crippen molar-refractivity contribution in [3.63, 3.8) is 0 Å². The van der Waals surface area contributed by atoms with E-state index in [2.05, 4.69) is 10.0 Å². The van der Waals surface area contributed by atoms with Gasteiger partial charge in [-0.05, 0) is 23.6 Å². The summed E-state index contributed by atoms with van der Waals surface area (Å²) < 4.78 is 25.2. The molecule has 1 atom stereocenters. The molecule has 0 aromatic heterocycles. The molecular formula is C17H20N2O3S. The van der Waals surface area contributed by atoms with Crippen molar-refractivity contribution in [2.75, 3.05) is 16.3 Å². The molecule has 0 unspecified atom stereocenters. The topological polar surface area (TPSA) is 75.3 Å². The van der Waals surface area contributed by atoms with Gasteiger partial charge >= 0.3 is 0 Å². The number of anilines is 2. The van der Waals surface area contributed by atoms with Gasteiger partial charge in [0.15, 0.2) is 0 Å². The summed E-state index contributed by atoms with van der Waals surface area (Å²) in [6.07, 6.45) is 1.39. The highest BCUT2D eigenvalue weighted by atomic mass is 32.2. The van der Waals surface area contributed by atoms with E-state index in [-0.39, 0.29) is 11.8 Å². The zero-order valence-electron chi connectivity index (χ0n) is 13.1. The lowest BCUT2D eigenvalue weighted by Crippen LogP contribution is -2.17. The average Bonchev–Trinajstić information content (AvgIpc) is 2.48. The number of para-hydroxylation sites is 2. The van der Waals surface area contributed by atoms with Crippen LogP contribution in [0.1, 0.15) is 24.8 Å². The average molecular weight is 332 g/mol. The fraction of sp³-hybridized carbons (Fsp3) is 0.235. The molecule has 0 heterocycles. The van der Waals surface area contributed by atoms with Gasteiger partial charge in [-0.3, -0.25) is 9.52 Å². The number of rotatable bonds is 6. The van der Waals surface area contributed by atoms with E-state index in [9.17, 15) is 13.2 Å². The monoisotopic (exact) mass is 332 g/mol. The minimum absolute atomic E-state index is 0.0752. The third kappa shape index (κ3) is 5.41. The van der Waals surface area contributed by atoms with Crippen LogP contribution < -0.4 is 10.0 Å². The fourth-order valence-electron chi connectivity index (χ4n) is 2.26. The Kier molecular flexibility index (Phi) is 5.39. The molecule has 0 aliphatic carbocycles. The molecule has 0 saturated heterocycles. The highest BCUT2D eigenvalue weighted by molar-refractivity contribution is 7.92. The first kappa shape index (κ1) is 17.0. The summed E-state index contributed by atoms with van der Waals surface area (Å²) in [5, 5.41) is 2.77. The van der Waals surface area contributed by atoms with Crippen molar-refractivity contribution >= 4 is 27.3 Å². The molecule has 1 amide bonds. The minimum Gasteiger partial charge on any atom is -0.324 e. The summed E-state index contributed by atoms with van der Waals surface area (Å²) in [6.45, 7) is 1.98. The van der Waals surface area contributed by atoms with E-state index in [0.29, 0.717) is 17.8 Å². The standard InChI is InChI=1S/C17H20N2O3S/c1-13(14-8-4-3-5-9-14)12-17(20)18-15-10-6-7-11-16(15)19-23(2,21)22/h3-11,13,19H,12H2,1-2H3,(H,18,20)/t13-/m1/s1. The first-order valence-electron chi connectivity index (χ1n) is 7.27. The Morgan fingerprint density at radius 1 is 1.00 bits per heavy atom. The molecule has 0 saturated carbocycles. The van der Waals surface area contributed by atoms with Crippen LogP contribution in [-0.2, 0) is 14.8 Å². The summed E-state index contributed by atoms with van der Waals surface area (Å²) in [6, 6.07) is 16.5. The normalized spacial score (nSPS) is 12.4. The second-order valence-corrected chi connectivity index (χ2v) is 7.23. The number of carbonyl (C=O) groups is 1. The maximum absolute atomic E-state index is 12.2. The first-order chi connectivity index (χ1) is 10.8. The number of hydrogen-bond acceptors (Lipinski definition) is 3. The molecule has 2 aromatic carbocycles. The summed E-state index contributed by atoms with van der Waals surface area (Å²) >= 11 is 0. The zero-order chi connectivity index (χ0) is 16.9.